The van der Waals surface area contributed by atoms with Crippen LogP contribution in [0.5, 0.6) is 5.75 Å². The van der Waals surface area contributed by atoms with Crippen LogP contribution in [-0.4, -0.2) is 26.6 Å². The molecule has 0 radical (unpaired) electrons. The minimum absolute atomic E-state index is 0. The number of anilines is 1. The first-order chi connectivity index (χ1) is 11.8. The van der Waals surface area contributed by atoms with Gasteiger partial charge in [-0.3, -0.25) is 4.57 Å². The molecule has 0 spiro atoms. The van der Waals surface area contributed by atoms with Crippen LogP contribution in [0.2, 0.25) is 0 Å². The Morgan fingerprint density at radius 1 is 1.19 bits per heavy atom. The monoisotopic (exact) mass is 393 g/mol. The average molecular weight is 394 g/mol. The summed E-state index contributed by atoms with van der Waals surface area (Å²) < 4.78 is 12.4. The second kappa shape index (κ2) is 8.55. The van der Waals surface area contributed by atoms with Gasteiger partial charge in [0, 0.05) is 17.8 Å². The number of furan rings is 1. The third-order valence-electron chi connectivity index (χ3n) is 3.64. The van der Waals surface area contributed by atoms with Gasteiger partial charge in [-0.2, -0.15) is 4.98 Å². The van der Waals surface area contributed by atoms with Crippen molar-refractivity contribution >= 4 is 41.5 Å². The standard InChI is InChI=1S/C17H15N5O2.2ClH/c1-23-12-4-5-15-14(9-12)16(19-10-13-3-2-8-24-13)21-17(20-15)22-7-6-18-11-22;;/h2-9,11H,10H2,1H3,(H,19,20,21);2*1H. The smallest absolute Gasteiger partial charge is 0.237 e. The Balaban J connectivity index is 0.00000121. The summed E-state index contributed by atoms with van der Waals surface area (Å²) in [7, 11) is 1.64. The average Bonchev–Trinajstić information content (AvgIpc) is 3.32. The molecule has 3 aromatic heterocycles. The molecule has 0 aliphatic heterocycles. The van der Waals surface area contributed by atoms with Crippen molar-refractivity contribution in [2.24, 2.45) is 0 Å². The van der Waals surface area contributed by atoms with Crippen LogP contribution in [0.1, 0.15) is 5.76 Å². The number of aromatic nitrogens is 4. The van der Waals surface area contributed by atoms with Gasteiger partial charge >= 0.3 is 0 Å². The normalized spacial score (nSPS) is 10.0. The number of imidazole rings is 1. The van der Waals surface area contributed by atoms with E-state index in [2.05, 4.69) is 20.3 Å². The zero-order valence-corrected chi connectivity index (χ0v) is 15.5. The lowest BCUT2D eigenvalue weighted by atomic mass is 10.2. The van der Waals surface area contributed by atoms with Crippen LogP contribution in [0.15, 0.2) is 59.7 Å². The number of nitrogens with one attached hydrogen (secondary N) is 1. The van der Waals surface area contributed by atoms with E-state index in [1.54, 1.807) is 36.7 Å². The van der Waals surface area contributed by atoms with Gasteiger partial charge < -0.3 is 14.5 Å². The fourth-order valence-corrected chi connectivity index (χ4v) is 2.43. The first-order valence-corrected chi connectivity index (χ1v) is 7.44. The molecule has 1 N–H and O–H groups in total. The summed E-state index contributed by atoms with van der Waals surface area (Å²) in [5, 5.41) is 4.19. The highest BCUT2D eigenvalue weighted by atomic mass is 35.5. The first kappa shape index (κ1) is 19.6. The molecule has 0 bridgehead atoms. The highest BCUT2D eigenvalue weighted by molar-refractivity contribution is 5.90. The minimum Gasteiger partial charge on any atom is -0.497 e. The predicted octanol–water partition coefficient (Wildman–Crippen LogP) is 3.87. The van der Waals surface area contributed by atoms with Crippen molar-refractivity contribution in [3.8, 4) is 11.7 Å². The van der Waals surface area contributed by atoms with E-state index in [0.29, 0.717) is 18.3 Å². The molecule has 0 fully saturated rings. The van der Waals surface area contributed by atoms with Gasteiger partial charge in [0.1, 0.15) is 23.7 Å². The molecule has 4 aromatic rings. The number of hydrogen-bond acceptors (Lipinski definition) is 6. The summed E-state index contributed by atoms with van der Waals surface area (Å²) in [6.45, 7) is 0.527. The Labute approximate surface area is 162 Å². The van der Waals surface area contributed by atoms with Crippen LogP contribution in [0, 0.1) is 0 Å². The lowest BCUT2D eigenvalue weighted by molar-refractivity contribution is 0.415. The van der Waals surface area contributed by atoms with E-state index in [1.165, 1.54) is 0 Å². The van der Waals surface area contributed by atoms with E-state index in [-0.39, 0.29) is 24.8 Å². The lowest BCUT2D eigenvalue weighted by Gasteiger charge is -2.11. The van der Waals surface area contributed by atoms with Crippen LogP contribution < -0.4 is 10.1 Å². The van der Waals surface area contributed by atoms with E-state index in [0.717, 1.165) is 22.4 Å². The van der Waals surface area contributed by atoms with E-state index < -0.39 is 0 Å². The summed E-state index contributed by atoms with van der Waals surface area (Å²) in [5.74, 6) is 2.84. The molecule has 3 heterocycles. The molecule has 4 rings (SSSR count). The van der Waals surface area contributed by atoms with Crippen molar-refractivity contribution in [2.45, 2.75) is 6.54 Å². The van der Waals surface area contributed by atoms with Gasteiger partial charge in [0.15, 0.2) is 0 Å². The van der Waals surface area contributed by atoms with E-state index >= 15 is 0 Å². The molecule has 0 aliphatic rings. The number of nitrogens with zero attached hydrogens (tertiary/aromatic N) is 4. The van der Waals surface area contributed by atoms with Crippen LogP contribution in [0.25, 0.3) is 16.9 Å². The molecule has 0 saturated heterocycles. The van der Waals surface area contributed by atoms with Crippen molar-refractivity contribution in [3.63, 3.8) is 0 Å². The number of hydrogen-bond donors (Lipinski definition) is 1. The highest BCUT2D eigenvalue weighted by Crippen LogP contribution is 2.26. The zero-order chi connectivity index (χ0) is 16.4. The number of rotatable bonds is 5. The molecular weight excluding hydrogens is 377 g/mol. The van der Waals surface area contributed by atoms with Crippen LogP contribution in [-0.2, 0) is 6.54 Å². The Bertz CT molecular complexity index is 959. The van der Waals surface area contributed by atoms with E-state index in [1.807, 2.05) is 30.3 Å². The molecule has 0 aliphatic carbocycles. The quantitative estimate of drug-likeness (QED) is 0.554. The Morgan fingerprint density at radius 2 is 2.08 bits per heavy atom. The highest BCUT2D eigenvalue weighted by Gasteiger charge is 2.10. The van der Waals surface area contributed by atoms with Crippen molar-refractivity contribution in [1.82, 2.24) is 19.5 Å². The maximum absolute atomic E-state index is 5.37. The summed E-state index contributed by atoms with van der Waals surface area (Å²) in [5.41, 5.74) is 0.816. The zero-order valence-electron chi connectivity index (χ0n) is 13.8. The maximum atomic E-state index is 5.37. The Kier molecular flexibility index (Phi) is 6.43. The van der Waals surface area contributed by atoms with Gasteiger partial charge in [-0.15, -0.1) is 24.8 Å². The lowest BCUT2D eigenvalue weighted by Crippen LogP contribution is -2.06. The molecule has 1 aromatic carbocycles. The molecular formula is C17H17Cl2N5O2. The van der Waals surface area contributed by atoms with Gasteiger partial charge in [-0.05, 0) is 30.3 Å². The third-order valence-corrected chi connectivity index (χ3v) is 3.64. The number of benzene rings is 1. The van der Waals surface area contributed by atoms with E-state index in [9.17, 15) is 0 Å². The van der Waals surface area contributed by atoms with Gasteiger partial charge in [-0.25, -0.2) is 9.97 Å². The Hall–Kier alpha value is -2.77. The van der Waals surface area contributed by atoms with Crippen molar-refractivity contribution in [2.75, 3.05) is 12.4 Å². The number of ether oxygens (including phenoxy) is 1. The fraction of sp³-hybridized carbons (Fsp3) is 0.118. The van der Waals surface area contributed by atoms with Gasteiger partial charge in [0.05, 0.1) is 25.4 Å². The topological polar surface area (TPSA) is 78.0 Å². The number of halogens is 2. The van der Waals surface area contributed by atoms with E-state index in [4.69, 9.17) is 9.15 Å². The molecule has 0 amide bonds. The third kappa shape index (κ3) is 3.89. The summed E-state index contributed by atoms with van der Waals surface area (Å²) in [4.78, 5) is 13.3. The van der Waals surface area contributed by atoms with Crippen molar-refractivity contribution in [3.05, 3.63) is 61.1 Å². The minimum atomic E-state index is 0. The summed E-state index contributed by atoms with van der Waals surface area (Å²) in [6.07, 6.45) is 6.81. The summed E-state index contributed by atoms with van der Waals surface area (Å²) in [6, 6.07) is 9.47. The first-order valence-electron chi connectivity index (χ1n) is 7.44. The van der Waals surface area contributed by atoms with Gasteiger partial charge in [0.2, 0.25) is 5.95 Å². The maximum Gasteiger partial charge on any atom is 0.237 e. The molecule has 136 valence electrons. The Morgan fingerprint density at radius 3 is 2.77 bits per heavy atom. The van der Waals surface area contributed by atoms with Crippen molar-refractivity contribution < 1.29 is 9.15 Å². The molecule has 26 heavy (non-hydrogen) atoms. The van der Waals surface area contributed by atoms with Crippen molar-refractivity contribution in [1.29, 1.82) is 0 Å². The second-order valence-corrected chi connectivity index (χ2v) is 5.16. The molecule has 0 atom stereocenters. The van der Waals surface area contributed by atoms with Crippen LogP contribution in [0.4, 0.5) is 5.82 Å². The fourth-order valence-electron chi connectivity index (χ4n) is 2.43. The second-order valence-electron chi connectivity index (χ2n) is 5.16. The van der Waals surface area contributed by atoms with Gasteiger partial charge in [-0.1, -0.05) is 0 Å². The number of methoxy groups -OCH3 is 1. The molecule has 0 saturated carbocycles. The van der Waals surface area contributed by atoms with Crippen LogP contribution >= 0.6 is 24.8 Å². The van der Waals surface area contributed by atoms with Gasteiger partial charge in [0.25, 0.3) is 0 Å². The predicted molar refractivity (Wildman–Crippen MR) is 104 cm³/mol. The molecule has 7 nitrogen and oxygen atoms in total. The van der Waals surface area contributed by atoms with Crippen LogP contribution in [0.3, 0.4) is 0 Å². The number of fused-ring (bicyclic) bond motifs is 1. The summed E-state index contributed by atoms with van der Waals surface area (Å²) >= 11 is 0. The molecule has 9 heteroatoms. The molecule has 0 unspecified atom stereocenters. The largest absolute Gasteiger partial charge is 0.497 e. The SMILES string of the molecule is COc1ccc2nc(-n3ccnc3)nc(NCc3ccco3)c2c1.Cl.Cl.